The number of nitrogens with one attached hydrogen (secondary N) is 1. The monoisotopic (exact) mass is 247 g/mol. The van der Waals surface area contributed by atoms with Crippen LogP contribution in [-0.2, 0) is 17.6 Å². The summed E-state index contributed by atoms with van der Waals surface area (Å²) in [7, 11) is 0. The third kappa shape index (κ3) is 2.99. The second kappa shape index (κ2) is 5.65. The van der Waals surface area contributed by atoms with E-state index >= 15 is 0 Å². The number of nitrogens with zero attached hydrogens (tertiary/aromatic N) is 2. The first-order valence-electron chi connectivity index (χ1n) is 7.08. The van der Waals surface area contributed by atoms with Gasteiger partial charge >= 0.3 is 0 Å². The summed E-state index contributed by atoms with van der Waals surface area (Å²) in [5.74, 6) is 1.87. The highest BCUT2D eigenvalue weighted by Gasteiger charge is 2.21. The van der Waals surface area contributed by atoms with E-state index in [0.717, 1.165) is 44.3 Å². The molecule has 0 aliphatic heterocycles. The molecule has 1 saturated carbocycles. The Labute approximate surface area is 108 Å². The fourth-order valence-electron chi connectivity index (χ4n) is 2.45. The molecule has 4 heteroatoms. The van der Waals surface area contributed by atoms with E-state index in [1.165, 1.54) is 36.9 Å². The smallest absolute Gasteiger partial charge is 0.132 e. The van der Waals surface area contributed by atoms with Crippen molar-refractivity contribution in [2.75, 3.05) is 25.1 Å². The molecule has 0 atom stereocenters. The van der Waals surface area contributed by atoms with Crippen molar-refractivity contribution < 1.29 is 4.74 Å². The van der Waals surface area contributed by atoms with Gasteiger partial charge in [-0.25, -0.2) is 9.97 Å². The third-order valence-corrected chi connectivity index (χ3v) is 3.71. The van der Waals surface area contributed by atoms with Crippen LogP contribution in [0.2, 0.25) is 0 Å². The van der Waals surface area contributed by atoms with Crippen LogP contribution < -0.4 is 5.32 Å². The Morgan fingerprint density at radius 2 is 2.11 bits per heavy atom. The minimum atomic E-state index is 0.773. The SMILES string of the molecule is c1nc2c(c(NCCOCC3CC3)n1)CCCC2. The molecule has 0 bridgehead atoms. The molecule has 4 nitrogen and oxygen atoms in total. The Hall–Kier alpha value is -1.16. The van der Waals surface area contributed by atoms with Crippen molar-refractivity contribution in [2.24, 2.45) is 5.92 Å². The van der Waals surface area contributed by atoms with E-state index in [4.69, 9.17) is 4.74 Å². The van der Waals surface area contributed by atoms with Crippen molar-refractivity contribution in [3.05, 3.63) is 17.6 Å². The first-order valence-corrected chi connectivity index (χ1v) is 7.08. The Balaban J connectivity index is 1.48. The number of aromatic nitrogens is 2. The highest BCUT2D eigenvalue weighted by atomic mass is 16.5. The molecule has 1 aromatic rings. The normalized spacial score (nSPS) is 18.4. The molecule has 2 aliphatic carbocycles. The maximum absolute atomic E-state index is 5.62. The van der Waals surface area contributed by atoms with Gasteiger partial charge in [-0.1, -0.05) is 0 Å². The van der Waals surface area contributed by atoms with Gasteiger partial charge in [0.05, 0.1) is 6.61 Å². The van der Waals surface area contributed by atoms with E-state index in [1.54, 1.807) is 6.33 Å². The molecule has 0 saturated heterocycles. The number of ether oxygens (including phenoxy) is 1. The molecule has 3 rings (SSSR count). The minimum Gasteiger partial charge on any atom is -0.379 e. The fraction of sp³-hybridized carbons (Fsp3) is 0.714. The Morgan fingerprint density at radius 3 is 3.00 bits per heavy atom. The number of anilines is 1. The van der Waals surface area contributed by atoms with Crippen molar-refractivity contribution >= 4 is 5.82 Å². The van der Waals surface area contributed by atoms with Crippen LogP contribution in [0.15, 0.2) is 6.33 Å². The molecule has 0 aromatic carbocycles. The lowest BCUT2D eigenvalue weighted by Gasteiger charge is -2.17. The Kier molecular flexibility index (Phi) is 3.74. The molecule has 1 aromatic heterocycles. The molecule has 18 heavy (non-hydrogen) atoms. The number of rotatable bonds is 6. The second-order valence-electron chi connectivity index (χ2n) is 5.30. The van der Waals surface area contributed by atoms with E-state index in [-0.39, 0.29) is 0 Å². The van der Waals surface area contributed by atoms with Crippen LogP contribution in [0.3, 0.4) is 0 Å². The average molecular weight is 247 g/mol. The lowest BCUT2D eigenvalue weighted by Crippen LogP contribution is -2.16. The standard InChI is InChI=1S/C14H21N3O/c1-2-4-13-12(3-1)14(17-10-16-13)15-7-8-18-9-11-5-6-11/h10-11H,1-9H2,(H,15,16,17). The number of hydrogen-bond acceptors (Lipinski definition) is 4. The van der Waals surface area contributed by atoms with Crippen molar-refractivity contribution in [1.82, 2.24) is 9.97 Å². The molecular formula is C14H21N3O. The first-order chi connectivity index (χ1) is 8.93. The van der Waals surface area contributed by atoms with Gasteiger partial charge in [-0.15, -0.1) is 0 Å². The lowest BCUT2D eigenvalue weighted by molar-refractivity contribution is 0.134. The number of fused-ring (bicyclic) bond motifs is 1. The molecule has 0 unspecified atom stereocenters. The fourth-order valence-corrected chi connectivity index (χ4v) is 2.45. The number of aryl methyl sites for hydroxylation is 1. The van der Waals surface area contributed by atoms with E-state index in [1.807, 2.05) is 0 Å². The molecule has 1 fully saturated rings. The van der Waals surface area contributed by atoms with Crippen LogP contribution in [0, 0.1) is 5.92 Å². The summed E-state index contributed by atoms with van der Waals surface area (Å²) in [6.45, 7) is 2.55. The molecule has 0 radical (unpaired) electrons. The van der Waals surface area contributed by atoms with Crippen LogP contribution in [0.4, 0.5) is 5.82 Å². The summed E-state index contributed by atoms with van der Waals surface area (Å²) in [5, 5.41) is 3.39. The van der Waals surface area contributed by atoms with Gasteiger partial charge in [0, 0.05) is 24.4 Å². The maximum Gasteiger partial charge on any atom is 0.132 e. The van der Waals surface area contributed by atoms with Crippen LogP contribution in [0.25, 0.3) is 0 Å². The van der Waals surface area contributed by atoms with E-state index < -0.39 is 0 Å². The molecule has 2 aliphatic rings. The summed E-state index contributed by atoms with van der Waals surface area (Å²) in [6, 6.07) is 0. The lowest BCUT2D eigenvalue weighted by atomic mass is 9.96. The highest BCUT2D eigenvalue weighted by molar-refractivity contribution is 5.46. The summed E-state index contributed by atoms with van der Waals surface area (Å²) in [4.78, 5) is 8.73. The van der Waals surface area contributed by atoms with Crippen LogP contribution in [-0.4, -0.2) is 29.7 Å². The first kappa shape index (κ1) is 11.9. The quantitative estimate of drug-likeness (QED) is 0.783. The summed E-state index contributed by atoms with van der Waals surface area (Å²) in [5.41, 5.74) is 2.56. The Morgan fingerprint density at radius 1 is 1.22 bits per heavy atom. The van der Waals surface area contributed by atoms with Crippen LogP contribution in [0.5, 0.6) is 0 Å². The zero-order valence-electron chi connectivity index (χ0n) is 10.8. The predicted molar refractivity (Wildman–Crippen MR) is 70.7 cm³/mol. The molecule has 98 valence electrons. The number of hydrogen-bond donors (Lipinski definition) is 1. The van der Waals surface area contributed by atoms with Crippen molar-refractivity contribution in [3.8, 4) is 0 Å². The molecule has 1 heterocycles. The van der Waals surface area contributed by atoms with Gasteiger partial charge in [0.15, 0.2) is 0 Å². The van der Waals surface area contributed by atoms with E-state index in [0.29, 0.717) is 0 Å². The van der Waals surface area contributed by atoms with Gasteiger partial charge in [0.25, 0.3) is 0 Å². The Bertz CT molecular complexity index is 404. The van der Waals surface area contributed by atoms with Gasteiger partial charge in [-0.3, -0.25) is 0 Å². The van der Waals surface area contributed by atoms with Crippen molar-refractivity contribution in [1.29, 1.82) is 0 Å². The maximum atomic E-state index is 5.62. The molecular weight excluding hydrogens is 226 g/mol. The van der Waals surface area contributed by atoms with Gasteiger partial charge < -0.3 is 10.1 Å². The van der Waals surface area contributed by atoms with E-state index in [2.05, 4.69) is 15.3 Å². The predicted octanol–water partition coefficient (Wildman–Crippen LogP) is 2.19. The average Bonchev–Trinajstić information content (AvgIpc) is 3.23. The highest BCUT2D eigenvalue weighted by Crippen LogP contribution is 2.28. The van der Waals surface area contributed by atoms with Crippen molar-refractivity contribution in [3.63, 3.8) is 0 Å². The van der Waals surface area contributed by atoms with Gasteiger partial charge in [0.2, 0.25) is 0 Å². The summed E-state index contributed by atoms with van der Waals surface area (Å²) >= 11 is 0. The minimum absolute atomic E-state index is 0.773. The zero-order valence-corrected chi connectivity index (χ0v) is 10.8. The topological polar surface area (TPSA) is 47.0 Å². The van der Waals surface area contributed by atoms with E-state index in [9.17, 15) is 0 Å². The van der Waals surface area contributed by atoms with Gasteiger partial charge in [-0.05, 0) is 44.4 Å². The summed E-state index contributed by atoms with van der Waals surface area (Å²) < 4.78 is 5.62. The van der Waals surface area contributed by atoms with Crippen LogP contribution in [0.1, 0.15) is 36.9 Å². The van der Waals surface area contributed by atoms with Crippen LogP contribution >= 0.6 is 0 Å². The molecule has 0 spiro atoms. The molecule has 1 N–H and O–H groups in total. The summed E-state index contributed by atoms with van der Waals surface area (Å²) in [6.07, 6.45) is 9.12. The molecule has 0 amide bonds. The van der Waals surface area contributed by atoms with Gasteiger partial charge in [-0.2, -0.15) is 0 Å². The van der Waals surface area contributed by atoms with Crippen molar-refractivity contribution in [2.45, 2.75) is 38.5 Å². The largest absolute Gasteiger partial charge is 0.379 e. The third-order valence-electron chi connectivity index (χ3n) is 3.71. The van der Waals surface area contributed by atoms with Gasteiger partial charge in [0.1, 0.15) is 12.1 Å². The zero-order chi connectivity index (χ0) is 12.2. The second-order valence-corrected chi connectivity index (χ2v) is 5.30.